The standard InChI is InChI=1S/C16H10O4/c17-7-13-3-9-1-11-5-15(19)16(20)6-12(11)2-10(9)4-14(13)8-18/h1-8,19-20H. The van der Waals surface area contributed by atoms with E-state index in [1.165, 1.54) is 12.1 Å². The SMILES string of the molecule is O=Cc1cc2cc3cc(O)c(O)cc3cc2cc1C=O. The maximum Gasteiger partial charge on any atom is 0.158 e. The molecule has 0 unspecified atom stereocenters. The van der Waals surface area contributed by atoms with Crippen molar-refractivity contribution in [1.29, 1.82) is 0 Å². The van der Waals surface area contributed by atoms with Crippen LogP contribution in [0.2, 0.25) is 0 Å². The van der Waals surface area contributed by atoms with Crippen molar-refractivity contribution in [2.75, 3.05) is 0 Å². The normalized spacial score (nSPS) is 10.8. The minimum atomic E-state index is -0.197. The topological polar surface area (TPSA) is 74.6 Å². The molecule has 0 bridgehead atoms. The second kappa shape index (κ2) is 4.35. The number of hydrogen-bond donors (Lipinski definition) is 2. The van der Waals surface area contributed by atoms with Gasteiger partial charge in [-0.1, -0.05) is 0 Å². The number of aldehydes is 2. The van der Waals surface area contributed by atoms with Crippen molar-refractivity contribution >= 4 is 34.1 Å². The van der Waals surface area contributed by atoms with Crippen LogP contribution in [0.4, 0.5) is 0 Å². The van der Waals surface area contributed by atoms with Gasteiger partial charge in [0.05, 0.1) is 0 Å². The van der Waals surface area contributed by atoms with Gasteiger partial charge in [0, 0.05) is 11.1 Å². The second-order valence-corrected chi connectivity index (χ2v) is 4.60. The Bertz CT molecular complexity index is 793. The molecule has 3 aromatic carbocycles. The molecule has 4 heteroatoms. The highest BCUT2D eigenvalue weighted by Crippen LogP contribution is 2.33. The molecular formula is C16H10O4. The number of carbonyl (C=O) groups is 2. The van der Waals surface area contributed by atoms with E-state index in [2.05, 4.69) is 0 Å². The van der Waals surface area contributed by atoms with Crippen LogP contribution >= 0.6 is 0 Å². The molecule has 0 fully saturated rings. The average Bonchev–Trinajstić information content (AvgIpc) is 2.45. The van der Waals surface area contributed by atoms with Gasteiger partial charge in [0.15, 0.2) is 24.1 Å². The van der Waals surface area contributed by atoms with Gasteiger partial charge in [0.25, 0.3) is 0 Å². The van der Waals surface area contributed by atoms with E-state index >= 15 is 0 Å². The van der Waals surface area contributed by atoms with Gasteiger partial charge in [-0.15, -0.1) is 0 Å². The number of phenolic OH excluding ortho intramolecular Hbond substituents is 2. The first-order chi connectivity index (χ1) is 9.62. The molecule has 0 aliphatic heterocycles. The molecule has 98 valence electrons. The molecule has 0 saturated heterocycles. The summed E-state index contributed by atoms with van der Waals surface area (Å²) in [5.74, 6) is -0.394. The molecule has 20 heavy (non-hydrogen) atoms. The molecule has 2 N–H and O–H groups in total. The van der Waals surface area contributed by atoms with Gasteiger partial charge in [-0.25, -0.2) is 0 Å². The maximum atomic E-state index is 11.0. The van der Waals surface area contributed by atoms with Gasteiger partial charge < -0.3 is 10.2 Å². The molecule has 0 saturated carbocycles. The van der Waals surface area contributed by atoms with E-state index in [1.54, 1.807) is 24.3 Å². The highest BCUT2D eigenvalue weighted by Gasteiger charge is 2.07. The molecule has 0 radical (unpaired) electrons. The quantitative estimate of drug-likeness (QED) is 0.424. The van der Waals surface area contributed by atoms with E-state index in [-0.39, 0.29) is 11.5 Å². The number of aromatic hydroxyl groups is 2. The Morgan fingerprint density at radius 2 is 0.950 bits per heavy atom. The Hall–Kier alpha value is -2.88. The number of phenols is 2. The number of benzene rings is 3. The smallest absolute Gasteiger partial charge is 0.158 e. The van der Waals surface area contributed by atoms with Crippen LogP contribution in [0, 0.1) is 0 Å². The summed E-state index contributed by atoms with van der Waals surface area (Å²) < 4.78 is 0. The fourth-order valence-electron chi connectivity index (χ4n) is 2.32. The predicted octanol–water partition coefficient (Wildman–Crippen LogP) is 3.03. The average molecular weight is 266 g/mol. The predicted molar refractivity (Wildman–Crippen MR) is 75.6 cm³/mol. The number of fused-ring (bicyclic) bond motifs is 2. The van der Waals surface area contributed by atoms with Crippen molar-refractivity contribution in [3.05, 3.63) is 47.5 Å². The lowest BCUT2D eigenvalue weighted by Gasteiger charge is -2.06. The fourth-order valence-corrected chi connectivity index (χ4v) is 2.32. The van der Waals surface area contributed by atoms with Crippen LogP contribution in [-0.4, -0.2) is 22.8 Å². The van der Waals surface area contributed by atoms with Crippen LogP contribution in [-0.2, 0) is 0 Å². The summed E-state index contributed by atoms with van der Waals surface area (Å²) in [6, 6.07) is 9.78. The lowest BCUT2D eigenvalue weighted by atomic mass is 9.98. The Labute approximate surface area is 113 Å². The third-order valence-corrected chi connectivity index (χ3v) is 3.34. The second-order valence-electron chi connectivity index (χ2n) is 4.60. The lowest BCUT2D eigenvalue weighted by Crippen LogP contribution is -1.91. The van der Waals surface area contributed by atoms with Gasteiger partial charge in [0.2, 0.25) is 0 Å². The Morgan fingerprint density at radius 3 is 1.30 bits per heavy atom. The van der Waals surface area contributed by atoms with Gasteiger partial charge in [-0.3, -0.25) is 9.59 Å². The molecule has 0 spiro atoms. The van der Waals surface area contributed by atoms with Crippen molar-refractivity contribution < 1.29 is 19.8 Å². The largest absolute Gasteiger partial charge is 0.504 e. The molecule has 3 rings (SSSR count). The first kappa shape index (κ1) is 12.2. The van der Waals surface area contributed by atoms with Crippen molar-refractivity contribution in [2.45, 2.75) is 0 Å². The Kier molecular flexibility index (Phi) is 2.64. The van der Waals surface area contributed by atoms with Gasteiger partial charge in [-0.05, 0) is 57.9 Å². The Morgan fingerprint density at radius 1 is 0.600 bits per heavy atom. The van der Waals surface area contributed by atoms with Crippen LogP contribution in [0.15, 0.2) is 36.4 Å². The molecular weight excluding hydrogens is 256 g/mol. The first-order valence-corrected chi connectivity index (χ1v) is 5.96. The fraction of sp³-hybridized carbons (Fsp3) is 0. The van der Waals surface area contributed by atoms with Crippen molar-refractivity contribution in [3.8, 4) is 11.5 Å². The van der Waals surface area contributed by atoms with Crippen molar-refractivity contribution in [2.24, 2.45) is 0 Å². The van der Waals surface area contributed by atoms with E-state index in [0.717, 1.165) is 21.5 Å². The molecule has 0 aromatic heterocycles. The first-order valence-electron chi connectivity index (χ1n) is 5.96. The summed E-state index contributed by atoms with van der Waals surface area (Å²) in [4.78, 5) is 21.9. The summed E-state index contributed by atoms with van der Waals surface area (Å²) in [7, 11) is 0. The van der Waals surface area contributed by atoms with E-state index in [9.17, 15) is 19.8 Å². The van der Waals surface area contributed by atoms with Crippen LogP contribution in [0.5, 0.6) is 11.5 Å². The zero-order chi connectivity index (χ0) is 14.3. The Balaban J connectivity index is 2.41. The third-order valence-electron chi connectivity index (χ3n) is 3.34. The molecule has 0 amide bonds. The van der Waals surface area contributed by atoms with Crippen LogP contribution in [0.1, 0.15) is 20.7 Å². The highest BCUT2D eigenvalue weighted by molar-refractivity contribution is 6.04. The molecule has 3 aromatic rings. The van der Waals surface area contributed by atoms with E-state index in [0.29, 0.717) is 23.7 Å². The molecule has 0 aliphatic rings. The third kappa shape index (κ3) is 1.78. The molecule has 0 atom stereocenters. The summed E-state index contributed by atoms with van der Waals surface area (Å²) in [5, 5.41) is 22.1. The van der Waals surface area contributed by atoms with Crippen molar-refractivity contribution in [3.63, 3.8) is 0 Å². The summed E-state index contributed by atoms with van der Waals surface area (Å²) in [6.45, 7) is 0. The van der Waals surface area contributed by atoms with Crippen LogP contribution in [0.25, 0.3) is 21.5 Å². The van der Waals surface area contributed by atoms with Crippen molar-refractivity contribution in [1.82, 2.24) is 0 Å². The zero-order valence-corrected chi connectivity index (χ0v) is 10.3. The van der Waals surface area contributed by atoms with E-state index < -0.39 is 0 Å². The molecule has 0 aliphatic carbocycles. The van der Waals surface area contributed by atoms with Gasteiger partial charge in [0.1, 0.15) is 0 Å². The van der Waals surface area contributed by atoms with Crippen LogP contribution in [0.3, 0.4) is 0 Å². The lowest BCUT2D eigenvalue weighted by molar-refractivity contribution is 0.109. The zero-order valence-electron chi connectivity index (χ0n) is 10.3. The van der Waals surface area contributed by atoms with E-state index in [1.807, 2.05) is 0 Å². The maximum absolute atomic E-state index is 11.0. The van der Waals surface area contributed by atoms with Gasteiger partial charge >= 0.3 is 0 Å². The molecule has 0 heterocycles. The number of carbonyl (C=O) groups excluding carboxylic acids is 2. The molecule has 4 nitrogen and oxygen atoms in total. The minimum Gasteiger partial charge on any atom is -0.504 e. The summed E-state index contributed by atoms with van der Waals surface area (Å²) in [5.41, 5.74) is 0.657. The number of rotatable bonds is 2. The summed E-state index contributed by atoms with van der Waals surface area (Å²) >= 11 is 0. The minimum absolute atomic E-state index is 0.197. The van der Waals surface area contributed by atoms with E-state index in [4.69, 9.17) is 0 Å². The van der Waals surface area contributed by atoms with Gasteiger partial charge in [-0.2, -0.15) is 0 Å². The van der Waals surface area contributed by atoms with Crippen LogP contribution < -0.4 is 0 Å². The summed E-state index contributed by atoms with van der Waals surface area (Å²) in [6.07, 6.45) is 1.28. The number of hydrogen-bond acceptors (Lipinski definition) is 4. The monoisotopic (exact) mass is 266 g/mol. The highest BCUT2D eigenvalue weighted by atomic mass is 16.3.